The molecule has 0 atom stereocenters. The van der Waals surface area contributed by atoms with Crippen LogP contribution in [0.15, 0.2) is 36.4 Å². The van der Waals surface area contributed by atoms with Gasteiger partial charge in [-0.25, -0.2) is 0 Å². The minimum absolute atomic E-state index is 0.572. The van der Waals surface area contributed by atoms with Gasteiger partial charge >= 0.3 is 0 Å². The van der Waals surface area contributed by atoms with E-state index in [1.807, 2.05) is 30.3 Å². The van der Waals surface area contributed by atoms with Crippen molar-refractivity contribution >= 4 is 5.82 Å². The molecule has 0 saturated carbocycles. The maximum atomic E-state index is 8.97. The van der Waals surface area contributed by atoms with Crippen LogP contribution in [0.3, 0.4) is 0 Å². The van der Waals surface area contributed by atoms with Gasteiger partial charge in [0.2, 0.25) is 0 Å². The summed E-state index contributed by atoms with van der Waals surface area (Å²) < 4.78 is 5.18. The lowest BCUT2D eigenvalue weighted by molar-refractivity contribution is 0.415. The largest absolute Gasteiger partial charge is 0.497 e. The van der Waals surface area contributed by atoms with E-state index in [9.17, 15) is 0 Å². The van der Waals surface area contributed by atoms with E-state index in [4.69, 9.17) is 10.00 Å². The number of benzene rings is 1. The summed E-state index contributed by atoms with van der Waals surface area (Å²) in [6, 6.07) is 13.4. The molecule has 0 radical (unpaired) electrons. The van der Waals surface area contributed by atoms with E-state index in [-0.39, 0.29) is 0 Å². The normalized spacial score (nSPS) is 10.7. The number of methoxy groups -OCH3 is 1. The van der Waals surface area contributed by atoms with E-state index in [2.05, 4.69) is 21.6 Å². The van der Waals surface area contributed by atoms with Crippen LogP contribution in [0.1, 0.15) is 13.8 Å². The van der Waals surface area contributed by atoms with Crippen molar-refractivity contribution in [3.63, 3.8) is 0 Å². The van der Waals surface area contributed by atoms with Crippen LogP contribution >= 0.6 is 0 Å². The average molecular weight is 268 g/mol. The van der Waals surface area contributed by atoms with Crippen LogP contribution in [0.25, 0.3) is 11.3 Å². The zero-order valence-corrected chi connectivity index (χ0v) is 11.7. The highest BCUT2D eigenvalue weighted by atomic mass is 16.5. The predicted molar refractivity (Wildman–Crippen MR) is 77.3 cm³/mol. The fourth-order valence-electron chi connectivity index (χ4n) is 1.68. The Hall–Kier alpha value is -2.61. The fourth-order valence-corrected chi connectivity index (χ4v) is 1.68. The van der Waals surface area contributed by atoms with E-state index in [0.717, 1.165) is 17.0 Å². The third-order valence-electron chi connectivity index (χ3n) is 2.75. The average Bonchev–Trinajstić information content (AvgIpc) is 2.48. The first-order valence-corrected chi connectivity index (χ1v) is 6.22. The molecular weight excluding hydrogens is 252 g/mol. The summed E-state index contributed by atoms with van der Waals surface area (Å²) in [4.78, 5) is 0. The molecule has 1 N–H and O–H groups in total. The molecule has 0 spiro atoms. The molecule has 1 heterocycles. The Morgan fingerprint density at radius 2 is 2.00 bits per heavy atom. The number of ether oxygens (including phenoxy) is 1. The number of nitriles is 1. The molecule has 2 aromatic rings. The van der Waals surface area contributed by atoms with Crippen molar-refractivity contribution < 1.29 is 4.74 Å². The highest BCUT2D eigenvalue weighted by molar-refractivity contribution is 5.61. The van der Waals surface area contributed by atoms with Crippen LogP contribution in [0.5, 0.6) is 5.75 Å². The Balaban J connectivity index is 2.22. The van der Waals surface area contributed by atoms with Gasteiger partial charge in [0, 0.05) is 5.56 Å². The van der Waals surface area contributed by atoms with Crippen molar-refractivity contribution in [1.82, 2.24) is 10.2 Å². The molecule has 20 heavy (non-hydrogen) atoms. The third kappa shape index (κ3) is 3.23. The van der Waals surface area contributed by atoms with Crippen LogP contribution in [-0.4, -0.2) is 22.8 Å². The Morgan fingerprint density at radius 1 is 1.20 bits per heavy atom. The number of nitrogens with one attached hydrogen (secondary N) is 1. The van der Waals surface area contributed by atoms with Gasteiger partial charge in [0.15, 0.2) is 0 Å². The lowest BCUT2D eigenvalue weighted by Crippen LogP contribution is -2.29. The maximum Gasteiger partial charge on any atom is 0.149 e. The highest BCUT2D eigenvalue weighted by Crippen LogP contribution is 2.22. The molecule has 102 valence electrons. The summed E-state index contributed by atoms with van der Waals surface area (Å²) in [5.74, 6) is 1.35. The molecule has 5 heteroatoms. The SMILES string of the molecule is COc1cccc(-c2ccc(NC(C)(C)C#N)nn2)c1. The molecule has 0 aliphatic heterocycles. The molecule has 0 saturated heterocycles. The van der Waals surface area contributed by atoms with E-state index >= 15 is 0 Å². The van der Waals surface area contributed by atoms with Gasteiger partial charge in [-0.15, -0.1) is 10.2 Å². The Bertz CT molecular complexity index is 629. The van der Waals surface area contributed by atoms with Crippen molar-refractivity contribution in [1.29, 1.82) is 5.26 Å². The molecule has 0 aliphatic rings. The minimum Gasteiger partial charge on any atom is -0.497 e. The van der Waals surface area contributed by atoms with Crippen LogP contribution in [0.2, 0.25) is 0 Å². The monoisotopic (exact) mass is 268 g/mol. The first-order chi connectivity index (χ1) is 9.54. The lowest BCUT2D eigenvalue weighted by Gasteiger charge is -2.17. The second-order valence-electron chi connectivity index (χ2n) is 4.90. The van der Waals surface area contributed by atoms with E-state index in [1.165, 1.54) is 0 Å². The van der Waals surface area contributed by atoms with Gasteiger partial charge in [-0.05, 0) is 38.1 Å². The summed E-state index contributed by atoms with van der Waals surface area (Å²) in [6.07, 6.45) is 0. The van der Waals surface area contributed by atoms with Gasteiger partial charge in [0.1, 0.15) is 17.1 Å². The molecule has 0 aliphatic carbocycles. The molecule has 0 amide bonds. The Kier molecular flexibility index (Phi) is 3.85. The number of hydrogen-bond donors (Lipinski definition) is 1. The molecular formula is C15H16N4O. The van der Waals surface area contributed by atoms with Crippen molar-refractivity contribution in [2.24, 2.45) is 0 Å². The summed E-state index contributed by atoms with van der Waals surface area (Å²) in [5, 5.41) is 20.2. The molecule has 2 rings (SSSR count). The summed E-state index contributed by atoms with van der Waals surface area (Å²) in [6.45, 7) is 3.56. The number of anilines is 1. The quantitative estimate of drug-likeness (QED) is 0.923. The first-order valence-electron chi connectivity index (χ1n) is 6.22. The van der Waals surface area contributed by atoms with E-state index < -0.39 is 5.54 Å². The van der Waals surface area contributed by atoms with Crippen molar-refractivity contribution in [2.75, 3.05) is 12.4 Å². The summed E-state index contributed by atoms with van der Waals surface area (Å²) in [5.41, 5.74) is 1.01. The first kappa shape index (κ1) is 13.8. The van der Waals surface area contributed by atoms with Gasteiger partial charge in [-0.1, -0.05) is 12.1 Å². The molecule has 5 nitrogen and oxygen atoms in total. The molecule has 1 aromatic carbocycles. The topological polar surface area (TPSA) is 70.8 Å². The van der Waals surface area contributed by atoms with Crippen LogP contribution in [0.4, 0.5) is 5.82 Å². The third-order valence-corrected chi connectivity index (χ3v) is 2.75. The van der Waals surface area contributed by atoms with Crippen molar-refractivity contribution in [3.8, 4) is 23.1 Å². The second kappa shape index (κ2) is 5.57. The summed E-state index contributed by atoms with van der Waals surface area (Å²) >= 11 is 0. The van der Waals surface area contributed by atoms with E-state index in [1.54, 1.807) is 27.0 Å². The molecule has 1 aromatic heterocycles. The van der Waals surface area contributed by atoms with Gasteiger partial charge in [0.25, 0.3) is 0 Å². The van der Waals surface area contributed by atoms with Crippen molar-refractivity contribution in [2.45, 2.75) is 19.4 Å². The van der Waals surface area contributed by atoms with Crippen molar-refractivity contribution in [3.05, 3.63) is 36.4 Å². The number of aromatic nitrogens is 2. The Morgan fingerprint density at radius 3 is 2.60 bits per heavy atom. The Labute approximate surface area is 118 Å². The van der Waals surface area contributed by atoms with Crippen LogP contribution in [-0.2, 0) is 0 Å². The number of rotatable bonds is 4. The molecule has 0 bridgehead atoms. The smallest absolute Gasteiger partial charge is 0.149 e. The number of nitrogens with zero attached hydrogens (tertiary/aromatic N) is 3. The number of hydrogen-bond acceptors (Lipinski definition) is 5. The van der Waals surface area contributed by atoms with Gasteiger partial charge in [0.05, 0.1) is 18.9 Å². The second-order valence-corrected chi connectivity index (χ2v) is 4.90. The standard InChI is InChI=1S/C15H16N4O/c1-15(2,10-16)17-14-8-7-13(18-19-14)11-5-4-6-12(9-11)20-3/h4-9H,1-3H3,(H,17,19). The maximum absolute atomic E-state index is 8.97. The lowest BCUT2D eigenvalue weighted by atomic mass is 10.1. The zero-order chi connectivity index (χ0) is 14.6. The van der Waals surface area contributed by atoms with Gasteiger partial charge < -0.3 is 10.1 Å². The molecule has 0 unspecified atom stereocenters. The zero-order valence-electron chi connectivity index (χ0n) is 11.7. The highest BCUT2D eigenvalue weighted by Gasteiger charge is 2.16. The predicted octanol–water partition coefficient (Wildman–Crippen LogP) is 2.87. The molecule has 0 fully saturated rings. The van der Waals surface area contributed by atoms with Gasteiger partial charge in [-0.2, -0.15) is 5.26 Å². The van der Waals surface area contributed by atoms with Crippen LogP contribution in [0, 0.1) is 11.3 Å². The van der Waals surface area contributed by atoms with E-state index in [0.29, 0.717) is 5.82 Å². The fraction of sp³-hybridized carbons (Fsp3) is 0.267. The summed E-state index contributed by atoms with van der Waals surface area (Å²) in [7, 11) is 1.63. The van der Waals surface area contributed by atoms with Gasteiger partial charge in [-0.3, -0.25) is 0 Å². The minimum atomic E-state index is -0.674. The van der Waals surface area contributed by atoms with Crippen LogP contribution < -0.4 is 10.1 Å².